The standard InChI is InChI=1S/C15H17F2N3O3/c1-19-8-15(23-14(19)22)5-2-6-20(9-15)13(21)18-12-4-3-10(16)7-11(12)17/h3-4,7H,2,5-6,8-9H2,1H3,(H,18,21)/t15-/m0/s1. The average Bonchev–Trinajstić information content (AvgIpc) is 2.76. The highest BCUT2D eigenvalue weighted by Crippen LogP contribution is 2.31. The van der Waals surface area contributed by atoms with E-state index in [1.165, 1.54) is 15.9 Å². The molecule has 1 aromatic rings. The van der Waals surface area contributed by atoms with Crippen LogP contribution in [0.15, 0.2) is 18.2 Å². The van der Waals surface area contributed by atoms with Gasteiger partial charge in [-0.25, -0.2) is 18.4 Å². The molecule has 2 saturated heterocycles. The van der Waals surface area contributed by atoms with Gasteiger partial charge in [-0.05, 0) is 25.0 Å². The minimum Gasteiger partial charge on any atom is -0.439 e. The average molecular weight is 325 g/mol. The molecule has 0 aromatic heterocycles. The van der Waals surface area contributed by atoms with Crippen LogP contribution in [0.25, 0.3) is 0 Å². The van der Waals surface area contributed by atoms with Gasteiger partial charge >= 0.3 is 12.1 Å². The number of amides is 3. The molecule has 8 heteroatoms. The third-order valence-electron chi connectivity index (χ3n) is 4.14. The first-order chi connectivity index (χ1) is 10.9. The number of carbonyl (C=O) groups excluding carboxylic acids is 2. The van der Waals surface area contributed by atoms with Crippen LogP contribution in [-0.4, -0.2) is 54.2 Å². The summed E-state index contributed by atoms with van der Waals surface area (Å²) in [6, 6.07) is 2.46. The summed E-state index contributed by atoms with van der Waals surface area (Å²) in [6.45, 7) is 1.15. The van der Waals surface area contributed by atoms with Crippen LogP contribution in [0.5, 0.6) is 0 Å². The van der Waals surface area contributed by atoms with Crippen molar-refractivity contribution >= 4 is 17.8 Å². The van der Waals surface area contributed by atoms with Crippen molar-refractivity contribution in [2.45, 2.75) is 18.4 Å². The molecule has 2 aliphatic heterocycles. The number of nitrogens with one attached hydrogen (secondary N) is 1. The van der Waals surface area contributed by atoms with Gasteiger partial charge in [-0.15, -0.1) is 0 Å². The Bertz CT molecular complexity index is 655. The number of hydrogen-bond donors (Lipinski definition) is 1. The Balaban J connectivity index is 1.69. The van der Waals surface area contributed by atoms with Crippen molar-refractivity contribution in [3.63, 3.8) is 0 Å². The first kappa shape index (κ1) is 15.5. The van der Waals surface area contributed by atoms with E-state index in [4.69, 9.17) is 4.74 Å². The molecular weight excluding hydrogens is 308 g/mol. The lowest BCUT2D eigenvalue weighted by Crippen LogP contribution is -2.53. The number of halogens is 2. The molecule has 0 aliphatic carbocycles. The second kappa shape index (κ2) is 5.68. The van der Waals surface area contributed by atoms with E-state index in [1.54, 1.807) is 7.05 Å². The Labute approximate surface area is 132 Å². The molecule has 2 heterocycles. The molecule has 3 rings (SSSR count). The van der Waals surface area contributed by atoms with Crippen LogP contribution in [0.3, 0.4) is 0 Å². The number of benzene rings is 1. The molecule has 0 unspecified atom stereocenters. The number of rotatable bonds is 1. The number of likely N-dealkylation sites (N-methyl/N-ethyl adjacent to an activating group) is 1. The van der Waals surface area contributed by atoms with Crippen molar-refractivity contribution in [3.05, 3.63) is 29.8 Å². The maximum absolute atomic E-state index is 13.6. The number of likely N-dealkylation sites (tertiary alicyclic amines) is 1. The van der Waals surface area contributed by atoms with Gasteiger partial charge in [0.1, 0.15) is 17.2 Å². The Morgan fingerprint density at radius 3 is 2.78 bits per heavy atom. The molecule has 2 fully saturated rings. The Morgan fingerprint density at radius 2 is 2.13 bits per heavy atom. The highest BCUT2D eigenvalue weighted by atomic mass is 19.1. The second-order valence-electron chi connectivity index (χ2n) is 5.99. The van der Waals surface area contributed by atoms with Crippen molar-refractivity contribution in [1.82, 2.24) is 9.80 Å². The maximum atomic E-state index is 13.6. The first-order valence-corrected chi connectivity index (χ1v) is 7.34. The third kappa shape index (κ3) is 3.06. The Hall–Kier alpha value is -2.38. The largest absolute Gasteiger partial charge is 0.439 e. The molecule has 124 valence electrons. The second-order valence-corrected chi connectivity index (χ2v) is 5.99. The van der Waals surface area contributed by atoms with Gasteiger partial charge in [-0.1, -0.05) is 0 Å². The first-order valence-electron chi connectivity index (χ1n) is 7.34. The summed E-state index contributed by atoms with van der Waals surface area (Å²) >= 11 is 0. The molecule has 0 saturated carbocycles. The SMILES string of the molecule is CN1C[C@]2(CCCN(C(=O)Nc3ccc(F)cc3F)C2)OC1=O. The Kier molecular flexibility index (Phi) is 3.83. The predicted molar refractivity (Wildman–Crippen MR) is 78.0 cm³/mol. The van der Waals surface area contributed by atoms with Gasteiger partial charge in [-0.2, -0.15) is 0 Å². The molecule has 6 nitrogen and oxygen atoms in total. The van der Waals surface area contributed by atoms with E-state index in [0.29, 0.717) is 32.0 Å². The quantitative estimate of drug-likeness (QED) is 0.862. The number of carbonyl (C=O) groups is 2. The van der Waals surface area contributed by atoms with Gasteiger partial charge in [0, 0.05) is 19.7 Å². The summed E-state index contributed by atoms with van der Waals surface area (Å²) in [4.78, 5) is 26.9. The lowest BCUT2D eigenvalue weighted by atomic mass is 9.93. The van der Waals surface area contributed by atoms with Crippen molar-refractivity contribution in [2.75, 3.05) is 32.0 Å². The summed E-state index contributed by atoms with van der Waals surface area (Å²) in [5.41, 5.74) is -0.792. The molecule has 0 radical (unpaired) electrons. The van der Waals surface area contributed by atoms with E-state index in [-0.39, 0.29) is 12.2 Å². The highest BCUT2D eigenvalue weighted by molar-refractivity contribution is 5.89. The topological polar surface area (TPSA) is 61.9 Å². The number of nitrogens with zero attached hydrogens (tertiary/aromatic N) is 2. The minimum atomic E-state index is -0.836. The van der Waals surface area contributed by atoms with E-state index >= 15 is 0 Å². The molecular formula is C15H17F2N3O3. The molecule has 1 N–H and O–H groups in total. The fourth-order valence-electron chi connectivity index (χ4n) is 3.06. The van der Waals surface area contributed by atoms with Crippen LogP contribution < -0.4 is 5.32 Å². The van der Waals surface area contributed by atoms with Gasteiger partial charge in [0.15, 0.2) is 0 Å². The normalized spacial score (nSPS) is 24.0. The minimum absolute atomic E-state index is 0.0865. The molecule has 1 spiro atoms. The summed E-state index contributed by atoms with van der Waals surface area (Å²) in [6.07, 6.45) is 0.954. The highest BCUT2D eigenvalue weighted by Gasteiger charge is 2.47. The van der Waals surface area contributed by atoms with Gasteiger partial charge in [0.2, 0.25) is 0 Å². The number of urea groups is 1. The van der Waals surface area contributed by atoms with Crippen molar-refractivity contribution in [3.8, 4) is 0 Å². The monoisotopic (exact) mass is 325 g/mol. The summed E-state index contributed by atoms with van der Waals surface area (Å²) in [7, 11) is 1.64. The van der Waals surface area contributed by atoms with Crippen LogP contribution in [0.2, 0.25) is 0 Å². The zero-order valence-electron chi connectivity index (χ0n) is 12.6. The third-order valence-corrected chi connectivity index (χ3v) is 4.14. The molecule has 2 aliphatic rings. The van der Waals surface area contributed by atoms with Gasteiger partial charge in [0.25, 0.3) is 0 Å². The van der Waals surface area contributed by atoms with Crippen LogP contribution in [0, 0.1) is 11.6 Å². The summed E-state index contributed by atoms with van der Waals surface area (Å²) in [5.74, 6) is -1.55. The van der Waals surface area contributed by atoms with Crippen molar-refractivity contribution in [2.24, 2.45) is 0 Å². The van der Waals surface area contributed by atoms with Gasteiger partial charge in [0.05, 0.1) is 18.8 Å². The molecule has 1 aromatic carbocycles. The summed E-state index contributed by atoms with van der Waals surface area (Å²) < 4.78 is 31.9. The Morgan fingerprint density at radius 1 is 1.35 bits per heavy atom. The summed E-state index contributed by atoms with van der Waals surface area (Å²) in [5, 5.41) is 2.43. The van der Waals surface area contributed by atoms with E-state index in [9.17, 15) is 18.4 Å². The number of ether oxygens (including phenoxy) is 1. The molecule has 0 bridgehead atoms. The van der Waals surface area contributed by atoms with E-state index in [0.717, 1.165) is 6.07 Å². The van der Waals surface area contributed by atoms with E-state index in [2.05, 4.69) is 5.32 Å². The number of piperidine rings is 1. The van der Waals surface area contributed by atoms with Crippen LogP contribution in [-0.2, 0) is 4.74 Å². The van der Waals surface area contributed by atoms with E-state index in [1.807, 2.05) is 0 Å². The molecule has 1 atom stereocenters. The van der Waals surface area contributed by atoms with Crippen LogP contribution >= 0.6 is 0 Å². The number of anilines is 1. The smallest absolute Gasteiger partial charge is 0.410 e. The lowest BCUT2D eigenvalue weighted by Gasteiger charge is -2.38. The molecule has 3 amide bonds. The lowest BCUT2D eigenvalue weighted by molar-refractivity contribution is 0.00497. The predicted octanol–water partition coefficient (Wildman–Crippen LogP) is 2.41. The van der Waals surface area contributed by atoms with Crippen molar-refractivity contribution < 1.29 is 23.1 Å². The van der Waals surface area contributed by atoms with Crippen LogP contribution in [0.1, 0.15) is 12.8 Å². The fourth-order valence-corrected chi connectivity index (χ4v) is 3.06. The molecule has 23 heavy (non-hydrogen) atoms. The van der Waals surface area contributed by atoms with Gasteiger partial charge < -0.3 is 19.9 Å². The maximum Gasteiger partial charge on any atom is 0.410 e. The number of hydrogen-bond acceptors (Lipinski definition) is 3. The van der Waals surface area contributed by atoms with E-state index < -0.39 is 29.4 Å². The fraction of sp³-hybridized carbons (Fsp3) is 0.467. The zero-order chi connectivity index (χ0) is 16.6. The zero-order valence-corrected chi connectivity index (χ0v) is 12.6. The van der Waals surface area contributed by atoms with Crippen LogP contribution in [0.4, 0.5) is 24.1 Å². The van der Waals surface area contributed by atoms with Crippen molar-refractivity contribution in [1.29, 1.82) is 0 Å². The van der Waals surface area contributed by atoms with Gasteiger partial charge in [-0.3, -0.25) is 0 Å².